The fourth-order valence-corrected chi connectivity index (χ4v) is 5.89. The number of carbonyl (C=O) groups excluding carboxylic acids is 2. The number of benzene rings is 2. The van der Waals surface area contributed by atoms with E-state index in [0.717, 1.165) is 5.56 Å². The molecule has 2 aromatic heterocycles. The molecule has 0 N–H and O–H groups in total. The van der Waals surface area contributed by atoms with Gasteiger partial charge in [0.15, 0.2) is 11.0 Å². The Balaban J connectivity index is 1.77. The summed E-state index contributed by atoms with van der Waals surface area (Å²) < 4.78 is 6.06. The van der Waals surface area contributed by atoms with E-state index in [1.165, 1.54) is 16.2 Å². The van der Waals surface area contributed by atoms with Crippen LogP contribution in [0, 0.1) is 6.92 Å². The Hall–Kier alpha value is -4.11. The standard InChI is InChI=1S/C26H20N4O4S/c1-4-12-29-17-9-7-6-8-16(17)26(24(29)33)20-21(31)15-13-14(3)10-11-18(15)34-22(20)23(32)30(26)25-28-27-19(5-2)35-25/h4,6-11,13H,1,5,12H2,2-3H3. The zero-order chi connectivity index (χ0) is 24.5. The van der Waals surface area contributed by atoms with Crippen molar-refractivity contribution < 1.29 is 14.0 Å². The first-order valence-corrected chi connectivity index (χ1v) is 12.0. The predicted molar refractivity (Wildman–Crippen MR) is 133 cm³/mol. The quantitative estimate of drug-likeness (QED) is 0.407. The Morgan fingerprint density at radius 1 is 1.14 bits per heavy atom. The highest BCUT2D eigenvalue weighted by molar-refractivity contribution is 7.15. The summed E-state index contributed by atoms with van der Waals surface area (Å²) in [6.45, 7) is 7.81. The van der Waals surface area contributed by atoms with Crippen LogP contribution in [0.15, 0.2) is 64.3 Å². The second-order valence-corrected chi connectivity index (χ2v) is 9.58. The molecule has 0 saturated carbocycles. The molecule has 2 aliphatic rings. The second-order valence-electron chi connectivity index (χ2n) is 8.54. The lowest BCUT2D eigenvalue weighted by Crippen LogP contribution is -2.53. The van der Waals surface area contributed by atoms with Crippen molar-refractivity contribution in [3.8, 4) is 0 Å². The summed E-state index contributed by atoms with van der Waals surface area (Å²) >= 11 is 1.22. The van der Waals surface area contributed by atoms with Gasteiger partial charge in [-0.05, 0) is 31.5 Å². The Morgan fingerprint density at radius 3 is 2.69 bits per heavy atom. The molecule has 2 amide bonds. The summed E-state index contributed by atoms with van der Waals surface area (Å²) in [4.78, 5) is 45.3. The van der Waals surface area contributed by atoms with E-state index in [9.17, 15) is 14.4 Å². The number of hydrogen-bond donors (Lipinski definition) is 0. The van der Waals surface area contributed by atoms with Crippen molar-refractivity contribution in [1.82, 2.24) is 10.2 Å². The van der Waals surface area contributed by atoms with E-state index < -0.39 is 22.8 Å². The van der Waals surface area contributed by atoms with Crippen molar-refractivity contribution in [2.24, 2.45) is 0 Å². The molecule has 174 valence electrons. The van der Waals surface area contributed by atoms with Crippen LogP contribution in [0.2, 0.25) is 0 Å². The highest BCUT2D eigenvalue weighted by atomic mass is 32.1. The van der Waals surface area contributed by atoms with Gasteiger partial charge in [-0.1, -0.05) is 54.2 Å². The van der Waals surface area contributed by atoms with Crippen LogP contribution in [0.1, 0.15) is 39.2 Å². The molecule has 1 atom stereocenters. The van der Waals surface area contributed by atoms with E-state index >= 15 is 0 Å². The van der Waals surface area contributed by atoms with Gasteiger partial charge in [0, 0.05) is 12.1 Å². The average Bonchev–Trinajstić information content (AvgIpc) is 3.50. The van der Waals surface area contributed by atoms with E-state index in [1.54, 1.807) is 41.3 Å². The van der Waals surface area contributed by atoms with Crippen LogP contribution < -0.4 is 15.2 Å². The molecule has 35 heavy (non-hydrogen) atoms. The number of aryl methyl sites for hydroxylation is 2. The fourth-order valence-electron chi connectivity index (χ4n) is 5.07. The van der Waals surface area contributed by atoms with E-state index in [-0.39, 0.29) is 28.6 Å². The monoisotopic (exact) mass is 484 g/mol. The van der Waals surface area contributed by atoms with E-state index in [2.05, 4.69) is 16.8 Å². The van der Waals surface area contributed by atoms with E-state index in [1.807, 2.05) is 26.0 Å². The van der Waals surface area contributed by atoms with Crippen LogP contribution in [0.4, 0.5) is 10.8 Å². The topological polar surface area (TPSA) is 96.6 Å². The molecule has 2 aromatic carbocycles. The molecular formula is C26H20N4O4S. The molecule has 9 heteroatoms. The van der Waals surface area contributed by atoms with Crippen molar-refractivity contribution in [2.45, 2.75) is 25.8 Å². The molecule has 0 bridgehead atoms. The van der Waals surface area contributed by atoms with Gasteiger partial charge in [-0.15, -0.1) is 16.8 Å². The molecular weight excluding hydrogens is 464 g/mol. The van der Waals surface area contributed by atoms with Crippen molar-refractivity contribution >= 4 is 44.9 Å². The van der Waals surface area contributed by atoms with E-state index in [4.69, 9.17) is 4.42 Å². The smallest absolute Gasteiger partial charge is 0.297 e. The molecule has 0 aliphatic carbocycles. The lowest BCUT2D eigenvalue weighted by molar-refractivity contribution is -0.121. The Bertz CT molecular complexity index is 1640. The third-order valence-electron chi connectivity index (χ3n) is 6.54. The summed E-state index contributed by atoms with van der Waals surface area (Å²) in [5, 5.41) is 9.70. The number of amides is 2. The van der Waals surface area contributed by atoms with Crippen LogP contribution in [-0.4, -0.2) is 28.6 Å². The van der Waals surface area contributed by atoms with Crippen molar-refractivity contribution in [3.63, 3.8) is 0 Å². The number of nitrogens with zero attached hydrogens (tertiary/aromatic N) is 4. The minimum Gasteiger partial charge on any atom is -0.450 e. The van der Waals surface area contributed by atoms with Crippen LogP contribution in [0.3, 0.4) is 0 Å². The molecule has 4 aromatic rings. The molecule has 1 spiro atoms. The Labute approximate surface area is 204 Å². The van der Waals surface area contributed by atoms with Gasteiger partial charge in [-0.25, -0.2) is 0 Å². The first-order valence-electron chi connectivity index (χ1n) is 11.2. The van der Waals surface area contributed by atoms with Gasteiger partial charge in [-0.3, -0.25) is 19.3 Å². The molecule has 0 radical (unpaired) electrons. The number of carbonyl (C=O) groups is 2. The zero-order valence-corrected chi connectivity index (χ0v) is 19.9. The van der Waals surface area contributed by atoms with Gasteiger partial charge >= 0.3 is 0 Å². The minimum absolute atomic E-state index is 0.0119. The van der Waals surface area contributed by atoms with Crippen LogP contribution in [0.25, 0.3) is 11.0 Å². The normalized spacial score (nSPS) is 18.6. The maximum atomic E-state index is 14.4. The first-order chi connectivity index (χ1) is 16.9. The van der Waals surface area contributed by atoms with Crippen molar-refractivity contribution in [3.05, 3.63) is 92.8 Å². The number of aromatic nitrogens is 2. The number of anilines is 2. The molecule has 6 rings (SSSR count). The molecule has 0 fully saturated rings. The zero-order valence-electron chi connectivity index (χ0n) is 19.1. The lowest BCUT2D eigenvalue weighted by Gasteiger charge is -2.31. The third-order valence-corrected chi connectivity index (χ3v) is 7.59. The largest absolute Gasteiger partial charge is 0.450 e. The van der Waals surface area contributed by atoms with Gasteiger partial charge in [0.25, 0.3) is 11.8 Å². The summed E-state index contributed by atoms with van der Waals surface area (Å²) in [6.07, 6.45) is 2.23. The maximum absolute atomic E-state index is 14.4. The van der Waals surface area contributed by atoms with Gasteiger partial charge < -0.3 is 9.32 Å². The summed E-state index contributed by atoms with van der Waals surface area (Å²) in [7, 11) is 0. The fraction of sp³-hybridized carbons (Fsp3) is 0.192. The third kappa shape index (κ3) is 2.64. The van der Waals surface area contributed by atoms with Gasteiger partial charge in [0.05, 0.1) is 16.6 Å². The highest BCUT2D eigenvalue weighted by Gasteiger charge is 2.66. The lowest BCUT2D eigenvalue weighted by atomic mass is 9.84. The average molecular weight is 485 g/mol. The minimum atomic E-state index is -1.75. The summed E-state index contributed by atoms with van der Waals surface area (Å²) in [5.41, 5.74) is 0.122. The molecule has 1 unspecified atom stereocenters. The SMILES string of the molecule is C=CCN1C(=O)C2(c3ccccc31)c1c(oc3ccc(C)cc3c1=O)C(=O)N2c1nnc(CC)s1. The Morgan fingerprint density at radius 2 is 1.94 bits per heavy atom. The van der Waals surface area contributed by atoms with Crippen LogP contribution in [-0.2, 0) is 16.8 Å². The van der Waals surface area contributed by atoms with Gasteiger partial charge in [0.2, 0.25) is 10.9 Å². The molecule has 8 nitrogen and oxygen atoms in total. The van der Waals surface area contributed by atoms with Crippen molar-refractivity contribution in [2.75, 3.05) is 16.3 Å². The second kappa shape index (κ2) is 7.44. The van der Waals surface area contributed by atoms with E-state index in [0.29, 0.717) is 28.1 Å². The van der Waals surface area contributed by atoms with Gasteiger partial charge in [0.1, 0.15) is 10.6 Å². The number of fused-ring (bicyclic) bond motifs is 5. The van der Waals surface area contributed by atoms with Crippen LogP contribution >= 0.6 is 11.3 Å². The molecule has 4 heterocycles. The number of hydrogen-bond acceptors (Lipinski definition) is 7. The molecule has 2 aliphatic heterocycles. The van der Waals surface area contributed by atoms with Crippen LogP contribution in [0.5, 0.6) is 0 Å². The first kappa shape index (κ1) is 21.4. The summed E-state index contributed by atoms with van der Waals surface area (Å²) in [5.74, 6) is -1.18. The highest BCUT2D eigenvalue weighted by Crippen LogP contribution is 2.54. The maximum Gasteiger partial charge on any atom is 0.297 e. The van der Waals surface area contributed by atoms with Gasteiger partial charge in [-0.2, -0.15) is 0 Å². The number of para-hydroxylation sites is 1. The Kier molecular flexibility index (Phi) is 4.56. The van der Waals surface area contributed by atoms with Crippen molar-refractivity contribution in [1.29, 1.82) is 0 Å². The number of rotatable bonds is 4. The molecule has 0 saturated heterocycles. The predicted octanol–water partition coefficient (Wildman–Crippen LogP) is 3.95. The summed E-state index contributed by atoms with van der Waals surface area (Å²) in [6, 6.07) is 12.4.